The number of hydrogen-bond acceptors (Lipinski definition) is 6. The number of unbranched alkanes of at least 4 members (excludes halogenated alkanes) is 1. The minimum absolute atomic E-state index is 0.0551. The molecule has 5 aromatic rings. The van der Waals surface area contributed by atoms with E-state index in [1.165, 1.54) is 0 Å². The SMILES string of the molecule is CCCCc1cn(-c2c(C(C)C)cnn2CC)c(=O)n1Cc1ccc(-c2ccccc2-c2nnn[nH]2)nc1. The second kappa shape index (κ2) is 11.0. The van der Waals surface area contributed by atoms with Gasteiger partial charge in [-0.3, -0.25) is 14.1 Å². The number of H-pyrrole nitrogens is 1. The van der Waals surface area contributed by atoms with Gasteiger partial charge in [0.05, 0.1) is 18.4 Å². The molecule has 4 heterocycles. The maximum absolute atomic E-state index is 13.8. The van der Waals surface area contributed by atoms with Gasteiger partial charge in [0.25, 0.3) is 0 Å². The summed E-state index contributed by atoms with van der Waals surface area (Å²) in [7, 11) is 0. The molecule has 0 radical (unpaired) electrons. The van der Waals surface area contributed by atoms with E-state index in [9.17, 15) is 4.79 Å². The number of tetrazole rings is 1. The van der Waals surface area contributed by atoms with Gasteiger partial charge in [0.2, 0.25) is 0 Å². The zero-order valence-electron chi connectivity index (χ0n) is 22.3. The van der Waals surface area contributed by atoms with Gasteiger partial charge in [0, 0.05) is 41.3 Å². The fraction of sp³-hybridized carbons (Fsp3) is 0.357. The summed E-state index contributed by atoms with van der Waals surface area (Å²) in [6.07, 6.45) is 8.62. The Bertz CT molecular complexity index is 1560. The Morgan fingerprint density at radius 1 is 1.03 bits per heavy atom. The van der Waals surface area contributed by atoms with Crippen molar-refractivity contribution in [3.8, 4) is 28.5 Å². The molecule has 1 N–H and O–H groups in total. The number of pyridine rings is 1. The molecule has 0 aliphatic rings. The monoisotopic (exact) mass is 511 g/mol. The summed E-state index contributed by atoms with van der Waals surface area (Å²) in [5, 5.41) is 18.8. The third-order valence-electron chi connectivity index (χ3n) is 6.81. The standard InChI is InChI=1S/C28H33N9O/c1-5-7-10-21-18-36(27-24(19(3)4)16-30-37(27)6-2)28(38)35(21)17-20-13-14-25(29-15-20)22-11-8-9-12-23(22)26-31-33-34-32-26/h8-9,11-16,18-19H,5-7,10,17H2,1-4H3,(H,31,32,33,34). The average Bonchev–Trinajstić information content (AvgIpc) is 3.68. The molecule has 196 valence electrons. The van der Waals surface area contributed by atoms with E-state index >= 15 is 0 Å². The zero-order valence-corrected chi connectivity index (χ0v) is 22.3. The summed E-state index contributed by atoms with van der Waals surface area (Å²) < 4.78 is 5.56. The molecule has 0 spiro atoms. The van der Waals surface area contributed by atoms with Crippen molar-refractivity contribution in [3.63, 3.8) is 0 Å². The van der Waals surface area contributed by atoms with Crippen LogP contribution in [0.25, 0.3) is 28.5 Å². The highest BCUT2D eigenvalue weighted by Gasteiger charge is 2.20. The van der Waals surface area contributed by atoms with E-state index < -0.39 is 0 Å². The highest BCUT2D eigenvalue weighted by molar-refractivity contribution is 5.78. The van der Waals surface area contributed by atoms with Gasteiger partial charge in [-0.25, -0.2) is 14.6 Å². The number of nitrogens with zero attached hydrogens (tertiary/aromatic N) is 8. The summed E-state index contributed by atoms with van der Waals surface area (Å²) in [5.41, 5.74) is 5.60. The second-order valence-electron chi connectivity index (χ2n) is 9.70. The predicted molar refractivity (Wildman–Crippen MR) is 146 cm³/mol. The van der Waals surface area contributed by atoms with Gasteiger partial charge in [0.15, 0.2) is 5.82 Å². The molecule has 0 fully saturated rings. The van der Waals surface area contributed by atoms with Crippen molar-refractivity contribution in [2.45, 2.75) is 66.0 Å². The van der Waals surface area contributed by atoms with Gasteiger partial charge in [-0.2, -0.15) is 5.10 Å². The first-order valence-corrected chi connectivity index (χ1v) is 13.2. The van der Waals surface area contributed by atoms with E-state index in [1.54, 1.807) is 4.57 Å². The first-order chi connectivity index (χ1) is 18.5. The van der Waals surface area contributed by atoms with Crippen LogP contribution in [0.1, 0.15) is 63.3 Å². The second-order valence-corrected chi connectivity index (χ2v) is 9.70. The van der Waals surface area contributed by atoms with Crippen LogP contribution in [-0.2, 0) is 19.5 Å². The number of benzene rings is 1. The molecule has 0 atom stereocenters. The van der Waals surface area contributed by atoms with Gasteiger partial charge >= 0.3 is 5.69 Å². The third kappa shape index (κ3) is 4.81. The Kier molecular flexibility index (Phi) is 7.30. The first-order valence-electron chi connectivity index (χ1n) is 13.2. The van der Waals surface area contributed by atoms with Crippen LogP contribution in [0, 0.1) is 0 Å². The highest BCUT2D eigenvalue weighted by Crippen LogP contribution is 2.28. The largest absolute Gasteiger partial charge is 0.334 e. The number of aromatic nitrogens is 9. The van der Waals surface area contributed by atoms with Crippen LogP contribution in [-0.4, -0.2) is 44.5 Å². The summed E-state index contributed by atoms with van der Waals surface area (Å²) in [4.78, 5) is 18.5. The molecule has 0 bridgehead atoms. The minimum Gasteiger partial charge on any atom is -0.292 e. The van der Waals surface area contributed by atoms with Crippen molar-refractivity contribution >= 4 is 0 Å². The Morgan fingerprint density at radius 3 is 2.50 bits per heavy atom. The molecular formula is C28H33N9O. The molecule has 0 aliphatic carbocycles. The lowest BCUT2D eigenvalue weighted by molar-refractivity contribution is 0.621. The van der Waals surface area contributed by atoms with Gasteiger partial charge in [-0.1, -0.05) is 57.5 Å². The molecule has 10 heteroatoms. The van der Waals surface area contributed by atoms with Crippen molar-refractivity contribution in [1.29, 1.82) is 0 Å². The van der Waals surface area contributed by atoms with Crippen molar-refractivity contribution < 1.29 is 0 Å². The van der Waals surface area contributed by atoms with Crippen molar-refractivity contribution in [2.75, 3.05) is 0 Å². The van der Waals surface area contributed by atoms with E-state index in [1.807, 2.05) is 71.2 Å². The average molecular weight is 512 g/mol. The van der Waals surface area contributed by atoms with Gasteiger partial charge in [0.1, 0.15) is 5.82 Å². The number of aromatic amines is 1. The van der Waals surface area contributed by atoms with Gasteiger partial charge < -0.3 is 0 Å². The van der Waals surface area contributed by atoms with Gasteiger partial charge in [-0.15, -0.1) is 5.10 Å². The Hall–Kier alpha value is -4.34. The fourth-order valence-electron chi connectivity index (χ4n) is 4.75. The summed E-state index contributed by atoms with van der Waals surface area (Å²) >= 11 is 0. The number of aryl methyl sites for hydroxylation is 2. The molecule has 1 aromatic carbocycles. The molecule has 0 saturated carbocycles. The maximum Gasteiger partial charge on any atom is 0.334 e. The van der Waals surface area contributed by atoms with Crippen LogP contribution in [0.4, 0.5) is 0 Å². The topological polar surface area (TPSA) is 112 Å². The van der Waals surface area contributed by atoms with E-state index in [2.05, 4.69) is 46.5 Å². The maximum atomic E-state index is 13.8. The lowest BCUT2D eigenvalue weighted by atomic mass is 10.0. The number of nitrogens with one attached hydrogen (secondary N) is 1. The molecule has 10 nitrogen and oxygen atoms in total. The quantitative estimate of drug-likeness (QED) is 0.293. The Labute approximate surface area is 221 Å². The van der Waals surface area contributed by atoms with Crippen molar-refractivity contribution in [1.82, 2.24) is 44.5 Å². The minimum atomic E-state index is -0.0551. The molecule has 5 rings (SSSR count). The lowest BCUT2D eigenvalue weighted by Gasteiger charge is -2.10. The number of hydrogen-bond donors (Lipinski definition) is 1. The van der Waals surface area contributed by atoms with Crippen LogP contribution in [0.3, 0.4) is 0 Å². The zero-order chi connectivity index (χ0) is 26.6. The van der Waals surface area contributed by atoms with E-state index in [0.29, 0.717) is 18.9 Å². The van der Waals surface area contributed by atoms with Crippen LogP contribution < -0.4 is 5.69 Å². The van der Waals surface area contributed by atoms with Crippen LogP contribution in [0.15, 0.2) is 59.8 Å². The fourth-order valence-corrected chi connectivity index (χ4v) is 4.75. The third-order valence-corrected chi connectivity index (χ3v) is 6.81. The van der Waals surface area contributed by atoms with E-state index in [0.717, 1.165) is 58.7 Å². The van der Waals surface area contributed by atoms with Crippen LogP contribution in [0.2, 0.25) is 0 Å². The smallest absolute Gasteiger partial charge is 0.292 e. The molecule has 0 amide bonds. The lowest BCUT2D eigenvalue weighted by Crippen LogP contribution is -2.27. The van der Waals surface area contributed by atoms with Crippen LogP contribution in [0.5, 0.6) is 0 Å². The highest BCUT2D eigenvalue weighted by atomic mass is 16.1. The number of imidazole rings is 1. The Balaban J connectivity index is 1.50. The van der Waals surface area contributed by atoms with E-state index in [4.69, 9.17) is 4.98 Å². The summed E-state index contributed by atoms with van der Waals surface area (Å²) in [6.45, 7) is 9.61. The van der Waals surface area contributed by atoms with E-state index in [-0.39, 0.29) is 11.6 Å². The molecule has 0 aliphatic heterocycles. The molecule has 4 aromatic heterocycles. The number of rotatable bonds is 10. The van der Waals surface area contributed by atoms with Gasteiger partial charge in [-0.05, 0) is 47.7 Å². The molecule has 0 unspecified atom stereocenters. The molecule has 0 saturated heterocycles. The Morgan fingerprint density at radius 2 is 1.84 bits per heavy atom. The summed E-state index contributed by atoms with van der Waals surface area (Å²) in [6, 6.07) is 11.9. The van der Waals surface area contributed by atoms with Crippen LogP contribution >= 0.6 is 0 Å². The molecular weight excluding hydrogens is 478 g/mol. The van der Waals surface area contributed by atoms with Crippen molar-refractivity contribution in [3.05, 3.63) is 82.3 Å². The predicted octanol–water partition coefficient (Wildman–Crippen LogP) is 4.61. The first kappa shape index (κ1) is 25.3. The summed E-state index contributed by atoms with van der Waals surface area (Å²) in [5.74, 6) is 1.70. The normalized spacial score (nSPS) is 11.5. The van der Waals surface area contributed by atoms with Crippen molar-refractivity contribution in [2.24, 2.45) is 0 Å². The molecule has 38 heavy (non-hydrogen) atoms.